The number of nitrogens with zero attached hydrogens (tertiary/aromatic N) is 1. The molecule has 1 amide bonds. The molecule has 2 rings (SSSR count). The lowest BCUT2D eigenvalue weighted by atomic mass is 10.1. The van der Waals surface area contributed by atoms with Crippen LogP contribution in [-0.2, 0) is 17.8 Å². The molecule has 3 N–H and O–H groups in total. The highest BCUT2D eigenvalue weighted by molar-refractivity contribution is 14.0. The van der Waals surface area contributed by atoms with Crippen LogP contribution in [0.3, 0.4) is 0 Å². The molecule has 0 heterocycles. The Morgan fingerprint density at radius 1 is 1.03 bits per heavy atom. The standard InChI is InChI=1S/C23H32N4O2.HI/c1-6-24-23(25-10-9-19-12-16(2)11-17(3)13-19)26-15-20-7-8-22(29-5)21(14-20)27-18(4)28;/h7-8,11-14H,6,9-10,15H2,1-5H3,(H,27,28)(H2,24,25,26);1H. The zero-order chi connectivity index (χ0) is 21.2. The second-order valence-corrected chi connectivity index (χ2v) is 7.08. The van der Waals surface area contributed by atoms with E-state index in [4.69, 9.17) is 4.74 Å². The quantitative estimate of drug-likeness (QED) is 0.275. The maximum absolute atomic E-state index is 11.4. The molecule has 0 atom stereocenters. The van der Waals surface area contributed by atoms with Gasteiger partial charge in [0.05, 0.1) is 19.3 Å². The van der Waals surface area contributed by atoms with E-state index in [9.17, 15) is 4.79 Å². The first-order valence-corrected chi connectivity index (χ1v) is 9.95. The number of guanidine groups is 1. The van der Waals surface area contributed by atoms with Crippen LogP contribution in [-0.4, -0.2) is 32.1 Å². The van der Waals surface area contributed by atoms with Gasteiger partial charge in [0.2, 0.25) is 5.91 Å². The molecule has 0 aliphatic carbocycles. The van der Waals surface area contributed by atoms with Gasteiger partial charge in [0.25, 0.3) is 0 Å². The first-order chi connectivity index (χ1) is 13.9. The van der Waals surface area contributed by atoms with E-state index in [1.54, 1.807) is 7.11 Å². The monoisotopic (exact) mass is 524 g/mol. The second kappa shape index (κ2) is 13.1. The van der Waals surface area contributed by atoms with Gasteiger partial charge in [-0.05, 0) is 50.5 Å². The van der Waals surface area contributed by atoms with Crippen LogP contribution in [0.5, 0.6) is 5.75 Å². The highest BCUT2D eigenvalue weighted by Gasteiger charge is 2.06. The number of aryl methyl sites for hydroxylation is 2. The van der Waals surface area contributed by atoms with Crippen LogP contribution < -0.4 is 20.7 Å². The molecular formula is C23H33IN4O2. The number of carbonyl (C=O) groups is 1. The van der Waals surface area contributed by atoms with Crippen LogP contribution in [0.1, 0.15) is 36.1 Å². The number of nitrogens with one attached hydrogen (secondary N) is 3. The van der Waals surface area contributed by atoms with Gasteiger partial charge in [-0.1, -0.05) is 35.4 Å². The van der Waals surface area contributed by atoms with E-state index in [2.05, 4.69) is 53.0 Å². The predicted octanol–water partition coefficient (Wildman–Crippen LogP) is 4.19. The van der Waals surface area contributed by atoms with E-state index >= 15 is 0 Å². The molecule has 6 nitrogen and oxygen atoms in total. The van der Waals surface area contributed by atoms with Crippen molar-refractivity contribution in [3.8, 4) is 5.75 Å². The van der Waals surface area contributed by atoms with E-state index in [0.717, 1.165) is 31.0 Å². The Morgan fingerprint density at radius 2 is 1.73 bits per heavy atom. The van der Waals surface area contributed by atoms with E-state index in [0.29, 0.717) is 18.0 Å². The number of ether oxygens (including phenoxy) is 1. The van der Waals surface area contributed by atoms with E-state index < -0.39 is 0 Å². The Morgan fingerprint density at radius 3 is 2.33 bits per heavy atom. The third-order valence-electron chi connectivity index (χ3n) is 4.33. The minimum absolute atomic E-state index is 0. The number of methoxy groups -OCH3 is 1. The van der Waals surface area contributed by atoms with Crippen molar-refractivity contribution in [1.82, 2.24) is 10.6 Å². The molecule has 0 radical (unpaired) electrons. The van der Waals surface area contributed by atoms with Crippen molar-refractivity contribution in [1.29, 1.82) is 0 Å². The van der Waals surface area contributed by atoms with E-state index in [1.165, 1.54) is 23.6 Å². The van der Waals surface area contributed by atoms with Gasteiger partial charge in [0.1, 0.15) is 5.75 Å². The average molecular weight is 524 g/mol. The normalized spacial score (nSPS) is 10.8. The van der Waals surface area contributed by atoms with Crippen molar-refractivity contribution in [3.05, 3.63) is 58.7 Å². The highest BCUT2D eigenvalue weighted by Crippen LogP contribution is 2.25. The maximum Gasteiger partial charge on any atom is 0.221 e. The summed E-state index contributed by atoms with van der Waals surface area (Å²) in [5.74, 6) is 1.27. The van der Waals surface area contributed by atoms with E-state index in [-0.39, 0.29) is 29.9 Å². The summed E-state index contributed by atoms with van der Waals surface area (Å²) in [6.45, 7) is 9.86. The van der Waals surface area contributed by atoms with Gasteiger partial charge in [-0.2, -0.15) is 0 Å². The molecule has 0 unspecified atom stereocenters. The molecule has 0 bridgehead atoms. The lowest BCUT2D eigenvalue weighted by Crippen LogP contribution is -2.38. The average Bonchev–Trinajstić information content (AvgIpc) is 2.65. The molecule has 0 aliphatic rings. The number of halogens is 1. The number of anilines is 1. The number of amides is 1. The Hall–Kier alpha value is -2.29. The molecule has 0 saturated carbocycles. The van der Waals surface area contributed by atoms with Gasteiger partial charge < -0.3 is 20.7 Å². The van der Waals surface area contributed by atoms with E-state index in [1.807, 2.05) is 25.1 Å². The topological polar surface area (TPSA) is 74.8 Å². The number of hydrogen-bond donors (Lipinski definition) is 3. The largest absolute Gasteiger partial charge is 0.495 e. The molecule has 0 spiro atoms. The smallest absolute Gasteiger partial charge is 0.221 e. The molecule has 7 heteroatoms. The molecular weight excluding hydrogens is 491 g/mol. The SMILES string of the molecule is CCNC(=NCc1ccc(OC)c(NC(C)=O)c1)NCCc1cc(C)cc(C)c1.I. The van der Waals surface area contributed by atoms with Crippen molar-refractivity contribution in [2.24, 2.45) is 4.99 Å². The molecule has 0 aliphatic heterocycles. The summed E-state index contributed by atoms with van der Waals surface area (Å²) < 4.78 is 5.30. The van der Waals surface area contributed by atoms with Crippen molar-refractivity contribution in [3.63, 3.8) is 0 Å². The zero-order valence-corrected chi connectivity index (χ0v) is 20.8. The predicted molar refractivity (Wildman–Crippen MR) is 135 cm³/mol. The first-order valence-electron chi connectivity index (χ1n) is 9.95. The lowest BCUT2D eigenvalue weighted by molar-refractivity contribution is -0.114. The number of hydrogen-bond acceptors (Lipinski definition) is 3. The van der Waals surface area contributed by atoms with Gasteiger partial charge >= 0.3 is 0 Å². The number of aliphatic imine (C=N–C) groups is 1. The first kappa shape index (κ1) is 25.7. The summed E-state index contributed by atoms with van der Waals surface area (Å²) in [4.78, 5) is 16.1. The van der Waals surface area contributed by atoms with Crippen LogP contribution in [0.4, 0.5) is 5.69 Å². The Balaban J connectivity index is 0.00000450. The lowest BCUT2D eigenvalue weighted by Gasteiger charge is -2.13. The summed E-state index contributed by atoms with van der Waals surface area (Å²) in [6.07, 6.45) is 0.933. The van der Waals surface area contributed by atoms with Crippen molar-refractivity contribution >= 4 is 41.5 Å². The van der Waals surface area contributed by atoms with Crippen LogP contribution in [0.25, 0.3) is 0 Å². The Bertz CT molecular complexity index is 848. The molecule has 0 aromatic heterocycles. The molecule has 2 aromatic carbocycles. The van der Waals surface area contributed by atoms with Crippen molar-refractivity contribution < 1.29 is 9.53 Å². The van der Waals surface area contributed by atoms with Crippen molar-refractivity contribution in [2.45, 2.75) is 40.7 Å². The fraction of sp³-hybridized carbons (Fsp3) is 0.391. The minimum atomic E-state index is -0.134. The molecule has 2 aromatic rings. The van der Waals surface area contributed by atoms with Crippen LogP contribution in [0.15, 0.2) is 41.4 Å². The molecule has 164 valence electrons. The summed E-state index contributed by atoms with van der Waals surface area (Å²) in [5, 5.41) is 9.46. The Labute approximate surface area is 196 Å². The van der Waals surface area contributed by atoms with Crippen LogP contribution in [0.2, 0.25) is 0 Å². The number of carbonyl (C=O) groups excluding carboxylic acids is 1. The minimum Gasteiger partial charge on any atom is -0.495 e. The van der Waals surface area contributed by atoms with Gasteiger partial charge in [-0.15, -0.1) is 24.0 Å². The Kier molecular flexibility index (Phi) is 11.2. The summed E-state index contributed by atoms with van der Waals surface area (Å²) in [7, 11) is 1.58. The molecule has 0 fully saturated rings. The molecule has 0 saturated heterocycles. The highest BCUT2D eigenvalue weighted by atomic mass is 127. The van der Waals surface area contributed by atoms with Gasteiger partial charge in [0.15, 0.2) is 5.96 Å². The third kappa shape index (κ3) is 8.61. The third-order valence-corrected chi connectivity index (χ3v) is 4.33. The van der Waals surface area contributed by atoms with Crippen LogP contribution in [0, 0.1) is 13.8 Å². The zero-order valence-electron chi connectivity index (χ0n) is 18.5. The second-order valence-electron chi connectivity index (χ2n) is 7.08. The fourth-order valence-electron chi connectivity index (χ4n) is 3.19. The molecule has 30 heavy (non-hydrogen) atoms. The number of benzene rings is 2. The fourth-order valence-corrected chi connectivity index (χ4v) is 3.19. The summed E-state index contributed by atoms with van der Waals surface area (Å²) >= 11 is 0. The summed E-state index contributed by atoms with van der Waals surface area (Å²) in [5.41, 5.74) is 5.53. The number of rotatable bonds is 8. The summed E-state index contributed by atoms with van der Waals surface area (Å²) in [6, 6.07) is 12.3. The maximum atomic E-state index is 11.4. The van der Waals surface area contributed by atoms with Gasteiger partial charge in [-0.3, -0.25) is 4.79 Å². The van der Waals surface area contributed by atoms with Gasteiger partial charge in [0, 0.05) is 20.0 Å². The van der Waals surface area contributed by atoms with Crippen molar-refractivity contribution in [2.75, 3.05) is 25.5 Å². The van der Waals surface area contributed by atoms with Gasteiger partial charge in [-0.25, -0.2) is 4.99 Å². The van der Waals surface area contributed by atoms with Crippen LogP contribution >= 0.6 is 24.0 Å².